The summed E-state index contributed by atoms with van der Waals surface area (Å²) in [6, 6.07) is 4.19. The van der Waals surface area contributed by atoms with Crippen LogP contribution in [-0.2, 0) is 19.8 Å². The molecule has 0 spiro atoms. The molecule has 132 valence electrons. The first kappa shape index (κ1) is 17.0. The molecule has 0 radical (unpaired) electrons. The highest BCUT2D eigenvalue weighted by Gasteiger charge is 2.34. The lowest BCUT2D eigenvalue weighted by Crippen LogP contribution is -2.23. The first-order chi connectivity index (χ1) is 11.7. The highest BCUT2D eigenvalue weighted by Crippen LogP contribution is 2.28. The Morgan fingerprint density at radius 3 is 2.64 bits per heavy atom. The van der Waals surface area contributed by atoms with Crippen LogP contribution >= 0.6 is 0 Å². The van der Waals surface area contributed by atoms with Crippen LogP contribution in [0.3, 0.4) is 0 Å². The third-order valence-electron chi connectivity index (χ3n) is 4.10. The van der Waals surface area contributed by atoms with Crippen molar-refractivity contribution in [3.63, 3.8) is 0 Å². The predicted octanol–water partition coefficient (Wildman–Crippen LogP) is 2.86. The number of hydrogen-bond donors (Lipinski definition) is 2. The van der Waals surface area contributed by atoms with Crippen LogP contribution in [0.2, 0.25) is 0 Å². The minimum absolute atomic E-state index is 0.155. The molecule has 0 saturated heterocycles. The van der Waals surface area contributed by atoms with Crippen molar-refractivity contribution in [3.05, 3.63) is 46.5 Å². The Bertz CT molecular complexity index is 955. The molecule has 6 nitrogen and oxygen atoms in total. The Labute approximate surface area is 141 Å². The number of halogens is 3. The zero-order valence-corrected chi connectivity index (χ0v) is 13.8. The fraction of sp³-hybridized carbons (Fsp3) is 0.312. The molecule has 0 aliphatic rings. The summed E-state index contributed by atoms with van der Waals surface area (Å²) in [5.74, 6) is -1.46. The number of aryl methyl sites for hydroxylation is 2. The number of hydrogen-bond acceptors (Lipinski definition) is 3. The second-order valence-electron chi connectivity index (χ2n) is 5.77. The number of nitrogens with one attached hydrogen (secondary N) is 2. The maximum absolute atomic E-state index is 12.7. The van der Waals surface area contributed by atoms with E-state index in [9.17, 15) is 18.0 Å². The number of aromatic nitrogens is 4. The number of carbonyl (C=O) groups is 1. The Morgan fingerprint density at radius 1 is 1.32 bits per heavy atom. The Morgan fingerprint density at radius 2 is 2.04 bits per heavy atom. The molecule has 3 aromatic rings. The van der Waals surface area contributed by atoms with Crippen molar-refractivity contribution < 1.29 is 18.0 Å². The van der Waals surface area contributed by atoms with Gasteiger partial charge in [0.1, 0.15) is 0 Å². The summed E-state index contributed by atoms with van der Waals surface area (Å²) >= 11 is 0. The van der Waals surface area contributed by atoms with Crippen LogP contribution in [-0.4, -0.2) is 25.7 Å². The van der Waals surface area contributed by atoms with E-state index in [4.69, 9.17) is 0 Å². The van der Waals surface area contributed by atoms with Crippen LogP contribution < -0.4 is 5.32 Å². The highest BCUT2D eigenvalue weighted by molar-refractivity contribution is 5.97. The van der Waals surface area contributed by atoms with E-state index in [2.05, 4.69) is 20.4 Å². The van der Waals surface area contributed by atoms with E-state index in [1.165, 1.54) is 18.2 Å². The molecule has 2 N–H and O–H groups in total. The Hall–Kier alpha value is -2.84. The summed E-state index contributed by atoms with van der Waals surface area (Å²) in [7, 11) is 1.82. The number of nitrogens with zero attached hydrogens (tertiary/aromatic N) is 3. The molecule has 0 aliphatic heterocycles. The van der Waals surface area contributed by atoms with Gasteiger partial charge in [-0.3, -0.25) is 9.48 Å². The molecule has 1 amide bonds. The van der Waals surface area contributed by atoms with Crippen LogP contribution in [0, 0.1) is 13.8 Å². The molecule has 1 aromatic carbocycles. The molecule has 2 heterocycles. The summed E-state index contributed by atoms with van der Waals surface area (Å²) in [5, 5.41) is 7.04. The SMILES string of the molecule is Cc1nn(C)c(C)c1CNC(=O)c1ccc2nc(C(F)(F)F)[nH]c2c1. The van der Waals surface area contributed by atoms with Gasteiger partial charge in [0.2, 0.25) is 5.82 Å². The average Bonchev–Trinajstić information content (AvgIpc) is 3.06. The molecule has 0 saturated carbocycles. The van der Waals surface area contributed by atoms with Crippen molar-refractivity contribution >= 4 is 16.9 Å². The van der Waals surface area contributed by atoms with Gasteiger partial charge in [0.25, 0.3) is 5.91 Å². The van der Waals surface area contributed by atoms with Crippen molar-refractivity contribution in [3.8, 4) is 0 Å². The maximum atomic E-state index is 12.7. The molecule has 0 atom stereocenters. The second kappa shape index (κ2) is 5.91. The molecule has 9 heteroatoms. The van der Waals surface area contributed by atoms with E-state index >= 15 is 0 Å². The van der Waals surface area contributed by atoms with Crippen molar-refractivity contribution in [1.82, 2.24) is 25.1 Å². The number of aromatic amines is 1. The average molecular weight is 351 g/mol. The second-order valence-corrected chi connectivity index (χ2v) is 5.77. The molecule has 3 rings (SSSR count). The van der Waals surface area contributed by atoms with Gasteiger partial charge in [-0.05, 0) is 32.0 Å². The number of fused-ring (bicyclic) bond motifs is 1. The number of rotatable bonds is 3. The van der Waals surface area contributed by atoms with Crippen molar-refractivity contribution in [1.29, 1.82) is 0 Å². The van der Waals surface area contributed by atoms with Gasteiger partial charge in [-0.15, -0.1) is 0 Å². The lowest BCUT2D eigenvalue weighted by molar-refractivity contribution is -0.144. The van der Waals surface area contributed by atoms with E-state index in [1.54, 1.807) is 4.68 Å². The summed E-state index contributed by atoms with van der Waals surface area (Å²) in [6.07, 6.45) is -4.56. The van der Waals surface area contributed by atoms with Gasteiger partial charge >= 0.3 is 6.18 Å². The topological polar surface area (TPSA) is 75.6 Å². The van der Waals surface area contributed by atoms with E-state index in [1.807, 2.05) is 20.9 Å². The lowest BCUT2D eigenvalue weighted by Gasteiger charge is -2.06. The molecular weight excluding hydrogens is 335 g/mol. The zero-order chi connectivity index (χ0) is 18.4. The first-order valence-corrected chi connectivity index (χ1v) is 7.51. The number of imidazole rings is 1. The number of H-pyrrole nitrogens is 1. The monoisotopic (exact) mass is 351 g/mol. The molecule has 0 bridgehead atoms. The van der Waals surface area contributed by atoms with Crippen molar-refractivity contribution in [2.45, 2.75) is 26.6 Å². The number of amides is 1. The molecular formula is C16H16F3N5O. The molecule has 0 fully saturated rings. The minimum Gasteiger partial charge on any atom is -0.348 e. The van der Waals surface area contributed by atoms with Gasteiger partial charge < -0.3 is 10.3 Å². The summed E-state index contributed by atoms with van der Waals surface area (Å²) in [6.45, 7) is 4.04. The lowest BCUT2D eigenvalue weighted by atomic mass is 10.1. The number of benzene rings is 1. The van der Waals surface area contributed by atoms with Crippen LogP contribution in [0.15, 0.2) is 18.2 Å². The van der Waals surface area contributed by atoms with Gasteiger partial charge in [-0.25, -0.2) is 4.98 Å². The van der Waals surface area contributed by atoms with E-state index in [-0.39, 0.29) is 22.5 Å². The maximum Gasteiger partial charge on any atom is 0.449 e. The smallest absolute Gasteiger partial charge is 0.348 e. The van der Waals surface area contributed by atoms with E-state index in [0.717, 1.165) is 17.0 Å². The van der Waals surface area contributed by atoms with E-state index < -0.39 is 12.0 Å². The highest BCUT2D eigenvalue weighted by atomic mass is 19.4. The van der Waals surface area contributed by atoms with Gasteiger partial charge in [0.15, 0.2) is 0 Å². The molecule has 25 heavy (non-hydrogen) atoms. The quantitative estimate of drug-likeness (QED) is 0.762. The van der Waals surface area contributed by atoms with Gasteiger partial charge in [0.05, 0.1) is 16.7 Å². The number of carbonyl (C=O) groups excluding carboxylic acids is 1. The standard InChI is InChI=1S/C16H16F3N5O/c1-8-11(9(2)24(3)23-8)7-20-14(25)10-4-5-12-13(6-10)22-15(21-12)16(17,18)19/h4-6H,7H2,1-3H3,(H,20,25)(H,21,22). The van der Waals surface area contributed by atoms with Gasteiger partial charge in [0, 0.05) is 30.4 Å². The third kappa shape index (κ3) is 3.21. The van der Waals surface area contributed by atoms with Crippen LogP contribution in [0.25, 0.3) is 11.0 Å². The zero-order valence-electron chi connectivity index (χ0n) is 13.8. The number of alkyl halides is 3. The molecule has 0 aliphatic carbocycles. The third-order valence-corrected chi connectivity index (χ3v) is 4.10. The summed E-state index contributed by atoms with van der Waals surface area (Å²) in [5.41, 5.74) is 3.24. The van der Waals surface area contributed by atoms with Crippen molar-refractivity contribution in [2.75, 3.05) is 0 Å². The van der Waals surface area contributed by atoms with Gasteiger partial charge in [-0.1, -0.05) is 0 Å². The first-order valence-electron chi connectivity index (χ1n) is 7.51. The van der Waals surface area contributed by atoms with Crippen LogP contribution in [0.4, 0.5) is 13.2 Å². The normalized spacial score (nSPS) is 11.9. The van der Waals surface area contributed by atoms with Crippen molar-refractivity contribution in [2.24, 2.45) is 7.05 Å². The Balaban J connectivity index is 1.80. The van der Waals surface area contributed by atoms with E-state index in [0.29, 0.717) is 6.54 Å². The van der Waals surface area contributed by atoms with Crippen LogP contribution in [0.5, 0.6) is 0 Å². The summed E-state index contributed by atoms with van der Waals surface area (Å²) in [4.78, 5) is 18.0. The Kier molecular flexibility index (Phi) is 4.02. The minimum atomic E-state index is -4.56. The van der Waals surface area contributed by atoms with Crippen LogP contribution in [0.1, 0.15) is 33.1 Å². The molecule has 0 unspecified atom stereocenters. The van der Waals surface area contributed by atoms with Gasteiger partial charge in [-0.2, -0.15) is 18.3 Å². The predicted molar refractivity (Wildman–Crippen MR) is 84.9 cm³/mol. The fourth-order valence-corrected chi connectivity index (χ4v) is 2.63. The largest absolute Gasteiger partial charge is 0.449 e. The fourth-order valence-electron chi connectivity index (χ4n) is 2.63. The summed E-state index contributed by atoms with van der Waals surface area (Å²) < 4.78 is 39.8. The molecule has 2 aromatic heterocycles.